The number of piperidine rings is 1. The molecule has 6 heteroatoms. The van der Waals surface area contributed by atoms with Gasteiger partial charge in [-0.1, -0.05) is 18.2 Å². The molecule has 0 radical (unpaired) electrons. The molecule has 1 aliphatic heterocycles. The van der Waals surface area contributed by atoms with Gasteiger partial charge in [-0.25, -0.2) is 0 Å². The smallest absolute Gasteiger partial charge is 0.260 e. The maximum absolute atomic E-state index is 13.1. The summed E-state index contributed by atoms with van der Waals surface area (Å²) in [6.07, 6.45) is 3.94. The zero-order valence-corrected chi connectivity index (χ0v) is 16.7. The number of halogens is 1. The number of anilines is 2. The number of hydrogen-bond donors (Lipinski definition) is 2. The van der Waals surface area contributed by atoms with Crippen LogP contribution in [0, 0.1) is 0 Å². The van der Waals surface area contributed by atoms with Crippen molar-refractivity contribution in [3.8, 4) is 0 Å². The van der Waals surface area contributed by atoms with E-state index in [1.165, 1.54) is 0 Å². The normalized spacial score (nSPS) is 14.3. The zero-order chi connectivity index (χ0) is 18.6. The molecule has 0 saturated carbocycles. The third-order valence-corrected chi connectivity index (χ3v) is 5.15. The van der Waals surface area contributed by atoms with Crippen molar-refractivity contribution in [2.45, 2.75) is 18.9 Å². The van der Waals surface area contributed by atoms with Gasteiger partial charge in [0, 0.05) is 36.0 Å². The van der Waals surface area contributed by atoms with Crippen molar-refractivity contribution in [3.63, 3.8) is 0 Å². The molecular weight excluding hydrogens is 372 g/mol. The first-order chi connectivity index (χ1) is 13.2. The molecule has 5 nitrogen and oxygen atoms in total. The van der Waals surface area contributed by atoms with Crippen LogP contribution in [0.15, 0.2) is 60.8 Å². The van der Waals surface area contributed by atoms with Gasteiger partial charge < -0.3 is 15.5 Å². The zero-order valence-electron chi connectivity index (χ0n) is 15.9. The van der Waals surface area contributed by atoms with Crippen LogP contribution in [-0.2, 0) is 0 Å². The fraction of sp³-hybridized carbons (Fsp3) is 0.273. The van der Waals surface area contributed by atoms with E-state index in [-0.39, 0.29) is 18.3 Å². The second kappa shape index (κ2) is 9.04. The molecule has 1 amide bonds. The van der Waals surface area contributed by atoms with Crippen molar-refractivity contribution in [1.82, 2.24) is 10.3 Å². The van der Waals surface area contributed by atoms with Crippen molar-refractivity contribution in [2.24, 2.45) is 0 Å². The molecule has 1 aromatic heterocycles. The van der Waals surface area contributed by atoms with Gasteiger partial charge >= 0.3 is 0 Å². The summed E-state index contributed by atoms with van der Waals surface area (Å²) in [5.41, 5.74) is 3.27. The molecule has 0 spiro atoms. The Morgan fingerprint density at radius 1 is 1.07 bits per heavy atom. The van der Waals surface area contributed by atoms with Gasteiger partial charge in [0.05, 0.1) is 11.1 Å². The Labute approximate surface area is 171 Å². The predicted molar refractivity (Wildman–Crippen MR) is 118 cm³/mol. The maximum Gasteiger partial charge on any atom is 0.260 e. The summed E-state index contributed by atoms with van der Waals surface area (Å²) in [5.74, 6) is -0.0571. The van der Waals surface area contributed by atoms with Gasteiger partial charge in [0.1, 0.15) is 0 Å². The number of carbonyl (C=O) groups excluding carboxylic acids is 1. The molecule has 0 unspecified atom stereocenters. The summed E-state index contributed by atoms with van der Waals surface area (Å²) in [5, 5.41) is 8.02. The Bertz CT molecular complexity index is 942. The average Bonchev–Trinajstić information content (AvgIpc) is 2.74. The molecule has 146 valence electrons. The van der Waals surface area contributed by atoms with Gasteiger partial charge in [-0.2, -0.15) is 0 Å². The number of aromatic nitrogens is 1. The minimum absolute atomic E-state index is 0. The highest BCUT2D eigenvalue weighted by molar-refractivity contribution is 6.14. The van der Waals surface area contributed by atoms with Gasteiger partial charge in [-0.3, -0.25) is 9.78 Å². The summed E-state index contributed by atoms with van der Waals surface area (Å²) in [6.45, 7) is 2.07. The number of nitrogens with one attached hydrogen (secondary N) is 2. The monoisotopic (exact) mass is 396 g/mol. The van der Waals surface area contributed by atoms with E-state index in [2.05, 4.69) is 15.6 Å². The van der Waals surface area contributed by atoms with Crippen LogP contribution in [0.3, 0.4) is 0 Å². The number of nitrogens with zero attached hydrogens (tertiary/aromatic N) is 2. The Morgan fingerprint density at radius 2 is 1.82 bits per heavy atom. The van der Waals surface area contributed by atoms with Crippen LogP contribution in [0.2, 0.25) is 0 Å². The van der Waals surface area contributed by atoms with Crippen molar-refractivity contribution in [1.29, 1.82) is 0 Å². The molecule has 3 aromatic rings. The van der Waals surface area contributed by atoms with Crippen LogP contribution in [0.5, 0.6) is 0 Å². The standard InChI is InChI=1S/C22H24N4O.ClH/c1-26(17-6-3-2-4-7-17)22(27)19-9-10-20(18-8-5-13-24-21(18)19)25-16-11-14-23-15-12-16;/h2-10,13,16,23,25H,11-12,14-15H2,1H3;1H. The molecule has 2 heterocycles. The number of fused-ring (bicyclic) bond motifs is 1. The maximum atomic E-state index is 13.1. The van der Waals surface area contributed by atoms with E-state index < -0.39 is 0 Å². The van der Waals surface area contributed by atoms with E-state index in [4.69, 9.17) is 0 Å². The van der Waals surface area contributed by atoms with Gasteiger partial charge in [0.25, 0.3) is 5.91 Å². The van der Waals surface area contributed by atoms with Crippen LogP contribution < -0.4 is 15.5 Å². The van der Waals surface area contributed by atoms with Crippen molar-refractivity contribution >= 4 is 40.6 Å². The van der Waals surface area contributed by atoms with Crippen LogP contribution in [-0.4, -0.2) is 37.1 Å². The lowest BCUT2D eigenvalue weighted by Gasteiger charge is -2.25. The Kier molecular flexibility index (Phi) is 6.49. The van der Waals surface area contributed by atoms with Crippen LogP contribution in [0.1, 0.15) is 23.2 Å². The lowest BCUT2D eigenvalue weighted by molar-refractivity contribution is 0.0994. The van der Waals surface area contributed by atoms with E-state index in [0.717, 1.165) is 48.2 Å². The molecule has 1 fully saturated rings. The molecule has 28 heavy (non-hydrogen) atoms. The van der Waals surface area contributed by atoms with Crippen molar-refractivity contribution in [2.75, 3.05) is 30.4 Å². The topological polar surface area (TPSA) is 57.3 Å². The number of rotatable bonds is 4. The number of pyridine rings is 1. The van der Waals surface area contributed by atoms with Gasteiger partial charge in [-0.15, -0.1) is 12.4 Å². The number of benzene rings is 2. The first-order valence-electron chi connectivity index (χ1n) is 9.42. The first-order valence-corrected chi connectivity index (χ1v) is 9.42. The molecular formula is C22H25ClN4O. The quantitative estimate of drug-likeness (QED) is 0.697. The fourth-order valence-corrected chi connectivity index (χ4v) is 3.61. The molecule has 2 aromatic carbocycles. The van der Waals surface area contributed by atoms with E-state index in [1.807, 2.05) is 54.6 Å². The summed E-state index contributed by atoms with van der Waals surface area (Å²) in [4.78, 5) is 19.3. The van der Waals surface area contributed by atoms with Gasteiger partial charge in [0.2, 0.25) is 0 Å². The minimum atomic E-state index is -0.0571. The molecule has 4 rings (SSSR count). The molecule has 2 N–H and O–H groups in total. The third kappa shape index (κ3) is 4.11. The van der Waals surface area contributed by atoms with Gasteiger partial charge in [0.15, 0.2) is 0 Å². The van der Waals surface area contributed by atoms with Crippen LogP contribution in [0.4, 0.5) is 11.4 Å². The van der Waals surface area contributed by atoms with E-state index in [1.54, 1.807) is 18.1 Å². The average molecular weight is 397 g/mol. The second-order valence-electron chi connectivity index (χ2n) is 6.93. The molecule has 0 atom stereocenters. The molecule has 0 aliphatic carbocycles. The summed E-state index contributed by atoms with van der Waals surface area (Å²) >= 11 is 0. The van der Waals surface area contributed by atoms with E-state index >= 15 is 0 Å². The van der Waals surface area contributed by atoms with Crippen molar-refractivity contribution in [3.05, 3.63) is 66.4 Å². The third-order valence-electron chi connectivity index (χ3n) is 5.15. The number of para-hydroxylation sites is 1. The lowest BCUT2D eigenvalue weighted by atomic mass is 10.0. The first kappa shape index (κ1) is 20.1. The minimum Gasteiger partial charge on any atom is -0.382 e. The highest BCUT2D eigenvalue weighted by Gasteiger charge is 2.20. The highest BCUT2D eigenvalue weighted by atomic mass is 35.5. The number of amides is 1. The largest absolute Gasteiger partial charge is 0.382 e. The number of hydrogen-bond acceptors (Lipinski definition) is 4. The van der Waals surface area contributed by atoms with E-state index in [9.17, 15) is 4.79 Å². The number of carbonyl (C=O) groups is 1. The summed E-state index contributed by atoms with van der Waals surface area (Å²) in [7, 11) is 1.80. The van der Waals surface area contributed by atoms with Crippen molar-refractivity contribution < 1.29 is 4.79 Å². The highest BCUT2D eigenvalue weighted by Crippen LogP contribution is 2.28. The summed E-state index contributed by atoms with van der Waals surface area (Å²) in [6, 6.07) is 18.0. The fourth-order valence-electron chi connectivity index (χ4n) is 3.61. The second-order valence-corrected chi connectivity index (χ2v) is 6.93. The SMILES string of the molecule is CN(C(=O)c1ccc(NC2CCNCC2)c2cccnc12)c1ccccc1.Cl. The molecule has 1 saturated heterocycles. The predicted octanol–water partition coefficient (Wildman–Crippen LogP) is 4.10. The Morgan fingerprint density at radius 3 is 2.57 bits per heavy atom. The Balaban J connectivity index is 0.00000225. The van der Waals surface area contributed by atoms with E-state index in [0.29, 0.717) is 11.6 Å². The van der Waals surface area contributed by atoms with Crippen LogP contribution in [0.25, 0.3) is 10.9 Å². The van der Waals surface area contributed by atoms with Gasteiger partial charge in [-0.05, 0) is 62.3 Å². The molecule has 1 aliphatic rings. The molecule has 0 bridgehead atoms. The van der Waals surface area contributed by atoms with Crippen LogP contribution >= 0.6 is 12.4 Å². The lowest BCUT2D eigenvalue weighted by Crippen LogP contribution is -2.35. The Hall–Kier alpha value is -2.63. The summed E-state index contributed by atoms with van der Waals surface area (Å²) < 4.78 is 0.